The molecule has 2 aliphatic heterocycles. The van der Waals surface area contributed by atoms with Crippen LogP contribution < -0.4 is 10.2 Å². The third-order valence-corrected chi connectivity index (χ3v) is 7.36. The summed E-state index contributed by atoms with van der Waals surface area (Å²) in [6.07, 6.45) is -0.107. The van der Waals surface area contributed by atoms with Crippen molar-refractivity contribution in [2.24, 2.45) is 5.92 Å². The van der Waals surface area contributed by atoms with E-state index >= 15 is 0 Å². The van der Waals surface area contributed by atoms with E-state index in [4.69, 9.17) is 0 Å². The molecule has 1 N–H and O–H groups in total. The van der Waals surface area contributed by atoms with Crippen molar-refractivity contribution >= 4 is 34.8 Å². The third-order valence-electron chi connectivity index (χ3n) is 7.36. The van der Waals surface area contributed by atoms with Crippen LogP contribution in [0.2, 0.25) is 0 Å². The number of para-hydroxylation sites is 2. The predicted molar refractivity (Wildman–Crippen MR) is 139 cm³/mol. The Hall–Kier alpha value is -4.33. The maximum absolute atomic E-state index is 14.1. The van der Waals surface area contributed by atoms with Gasteiger partial charge in [-0.1, -0.05) is 69.3 Å². The molecule has 1 fully saturated rings. The van der Waals surface area contributed by atoms with Gasteiger partial charge in [0.15, 0.2) is 0 Å². The lowest BCUT2D eigenvalue weighted by atomic mass is 9.66. The number of nitro benzene ring substituents is 1. The van der Waals surface area contributed by atoms with Crippen LogP contribution in [0, 0.1) is 16.0 Å². The topological polar surface area (TPSA) is 110 Å². The first-order valence-electron chi connectivity index (χ1n) is 12.1. The summed E-state index contributed by atoms with van der Waals surface area (Å²) < 4.78 is 0. The molecule has 37 heavy (non-hydrogen) atoms. The molecule has 0 unspecified atom stereocenters. The summed E-state index contributed by atoms with van der Waals surface area (Å²) in [6.45, 7) is 6.04. The van der Waals surface area contributed by atoms with Crippen LogP contribution in [0.15, 0.2) is 72.8 Å². The highest BCUT2D eigenvalue weighted by Crippen LogP contribution is 2.50. The van der Waals surface area contributed by atoms with E-state index < -0.39 is 28.1 Å². The molecule has 0 bridgehead atoms. The largest absolute Gasteiger partial charge is 0.325 e. The summed E-state index contributed by atoms with van der Waals surface area (Å²) in [4.78, 5) is 53.5. The van der Waals surface area contributed by atoms with Gasteiger partial charge in [-0.15, -0.1) is 0 Å². The van der Waals surface area contributed by atoms with Gasteiger partial charge in [0.25, 0.3) is 5.69 Å². The molecule has 2 aliphatic rings. The van der Waals surface area contributed by atoms with Gasteiger partial charge in [0.05, 0.1) is 21.9 Å². The average Bonchev–Trinajstić information content (AvgIpc) is 3.31. The highest BCUT2D eigenvalue weighted by molar-refractivity contribution is 6.24. The standard InChI is InChI=1S/C29H27N3O5/c1-28(2,3)21-12-5-7-14-24(21)31-25(33)16-22(26(31)34)29(17-18-9-8-10-19(15-18)32(36)37)20-11-4-6-13-23(20)30-27(29)35/h4-15,22H,16-17H2,1-3H3,(H,30,35)/t22-,29-/m0/s1. The van der Waals surface area contributed by atoms with Gasteiger partial charge in [-0.05, 0) is 40.7 Å². The van der Waals surface area contributed by atoms with Crippen molar-refractivity contribution in [2.45, 2.75) is 44.4 Å². The van der Waals surface area contributed by atoms with E-state index in [1.54, 1.807) is 48.5 Å². The minimum absolute atomic E-state index is 0.0377. The number of nitro groups is 1. The van der Waals surface area contributed by atoms with E-state index in [1.165, 1.54) is 17.0 Å². The molecule has 1 saturated heterocycles. The lowest BCUT2D eigenvalue weighted by Gasteiger charge is -2.33. The van der Waals surface area contributed by atoms with E-state index in [0.29, 0.717) is 22.5 Å². The molecule has 8 nitrogen and oxygen atoms in total. The molecule has 3 aromatic rings. The number of carbonyl (C=O) groups excluding carboxylic acids is 3. The van der Waals surface area contributed by atoms with Gasteiger partial charge in [0.2, 0.25) is 17.7 Å². The van der Waals surface area contributed by atoms with Crippen molar-refractivity contribution in [3.8, 4) is 0 Å². The van der Waals surface area contributed by atoms with Crippen molar-refractivity contribution in [2.75, 3.05) is 10.2 Å². The minimum atomic E-state index is -1.40. The van der Waals surface area contributed by atoms with E-state index in [2.05, 4.69) is 5.32 Å². The molecule has 188 valence electrons. The summed E-state index contributed by atoms with van der Waals surface area (Å²) >= 11 is 0. The second-order valence-corrected chi connectivity index (χ2v) is 10.7. The summed E-state index contributed by atoms with van der Waals surface area (Å²) in [5.41, 5.74) is 1.27. The molecule has 5 rings (SSSR count). The van der Waals surface area contributed by atoms with Crippen LogP contribution in [-0.4, -0.2) is 22.6 Å². The van der Waals surface area contributed by atoms with E-state index in [1.807, 2.05) is 32.9 Å². The van der Waals surface area contributed by atoms with Crippen LogP contribution in [0.3, 0.4) is 0 Å². The van der Waals surface area contributed by atoms with Crippen LogP contribution in [-0.2, 0) is 31.6 Å². The molecule has 2 heterocycles. The number of hydrogen-bond donors (Lipinski definition) is 1. The van der Waals surface area contributed by atoms with Crippen LogP contribution in [0.1, 0.15) is 43.9 Å². The van der Waals surface area contributed by atoms with E-state index in [9.17, 15) is 24.5 Å². The zero-order valence-electron chi connectivity index (χ0n) is 20.9. The monoisotopic (exact) mass is 497 g/mol. The molecule has 0 aliphatic carbocycles. The van der Waals surface area contributed by atoms with Crippen LogP contribution in [0.4, 0.5) is 17.1 Å². The zero-order chi connectivity index (χ0) is 26.5. The Bertz CT molecular complexity index is 1460. The molecule has 3 amide bonds. The van der Waals surface area contributed by atoms with Gasteiger partial charge >= 0.3 is 0 Å². The summed E-state index contributed by atoms with van der Waals surface area (Å²) in [7, 11) is 0. The number of anilines is 2. The quantitative estimate of drug-likeness (QED) is 0.306. The summed E-state index contributed by atoms with van der Waals surface area (Å²) in [6, 6.07) is 20.5. The van der Waals surface area contributed by atoms with Crippen molar-refractivity contribution in [3.63, 3.8) is 0 Å². The van der Waals surface area contributed by atoms with Gasteiger partial charge in [-0.3, -0.25) is 24.5 Å². The highest BCUT2D eigenvalue weighted by atomic mass is 16.6. The molecule has 0 spiro atoms. The lowest BCUT2D eigenvalue weighted by molar-refractivity contribution is -0.384. The molecule has 3 aromatic carbocycles. The van der Waals surface area contributed by atoms with Crippen LogP contribution in [0.5, 0.6) is 0 Å². The Morgan fingerprint density at radius 2 is 1.70 bits per heavy atom. The fourth-order valence-electron chi connectivity index (χ4n) is 5.66. The number of benzene rings is 3. The zero-order valence-corrected chi connectivity index (χ0v) is 20.9. The van der Waals surface area contributed by atoms with Gasteiger partial charge < -0.3 is 5.32 Å². The number of nitrogens with zero attached hydrogens (tertiary/aromatic N) is 2. The van der Waals surface area contributed by atoms with Crippen molar-refractivity contribution in [3.05, 3.63) is 99.6 Å². The number of nitrogens with one attached hydrogen (secondary N) is 1. The van der Waals surface area contributed by atoms with Crippen LogP contribution in [0.25, 0.3) is 0 Å². The van der Waals surface area contributed by atoms with Gasteiger partial charge in [-0.2, -0.15) is 0 Å². The number of carbonyl (C=O) groups is 3. The molecule has 0 aromatic heterocycles. The summed E-state index contributed by atoms with van der Waals surface area (Å²) in [5, 5.41) is 14.3. The number of rotatable bonds is 5. The smallest absolute Gasteiger partial charge is 0.269 e. The third kappa shape index (κ3) is 3.89. The first-order valence-corrected chi connectivity index (χ1v) is 12.1. The molecule has 0 saturated carbocycles. The van der Waals surface area contributed by atoms with Gasteiger partial charge in [0, 0.05) is 24.2 Å². The fourth-order valence-corrected chi connectivity index (χ4v) is 5.66. The van der Waals surface area contributed by atoms with E-state index in [-0.39, 0.29) is 29.9 Å². The Labute approximate surface area is 214 Å². The molecule has 8 heteroatoms. The number of amides is 3. The second-order valence-electron chi connectivity index (χ2n) is 10.7. The normalized spacial score (nSPS) is 21.2. The van der Waals surface area contributed by atoms with Crippen LogP contribution >= 0.6 is 0 Å². The fraction of sp³-hybridized carbons (Fsp3) is 0.276. The number of fused-ring (bicyclic) bond motifs is 1. The Kier molecular flexibility index (Phi) is 5.70. The first-order chi connectivity index (χ1) is 17.5. The Morgan fingerprint density at radius 1 is 1.00 bits per heavy atom. The maximum atomic E-state index is 14.1. The van der Waals surface area contributed by atoms with Crippen molar-refractivity contribution < 1.29 is 19.3 Å². The molecular weight excluding hydrogens is 470 g/mol. The molecule has 0 radical (unpaired) electrons. The lowest BCUT2D eigenvalue weighted by Crippen LogP contribution is -2.47. The average molecular weight is 498 g/mol. The SMILES string of the molecule is CC(C)(C)c1ccccc1N1C(=O)C[C@H]([C@@]2(Cc3cccc([N+](=O)[O-])c3)C(=O)Nc3ccccc32)C1=O. The van der Waals surface area contributed by atoms with E-state index in [0.717, 1.165) is 5.56 Å². The van der Waals surface area contributed by atoms with Crippen molar-refractivity contribution in [1.29, 1.82) is 0 Å². The molecule has 2 atom stereocenters. The Balaban J connectivity index is 1.65. The summed E-state index contributed by atoms with van der Waals surface area (Å²) in [5.74, 6) is -2.19. The number of imide groups is 1. The minimum Gasteiger partial charge on any atom is -0.325 e. The molecular formula is C29H27N3O5. The maximum Gasteiger partial charge on any atom is 0.269 e. The number of hydrogen-bond acceptors (Lipinski definition) is 5. The number of non-ortho nitro benzene ring substituents is 1. The first kappa shape index (κ1) is 24.4. The second kappa shape index (κ2) is 8.65. The highest BCUT2D eigenvalue weighted by Gasteiger charge is 2.59. The van der Waals surface area contributed by atoms with Gasteiger partial charge in [0.1, 0.15) is 0 Å². The Morgan fingerprint density at radius 3 is 2.43 bits per heavy atom. The predicted octanol–water partition coefficient (Wildman–Crippen LogP) is 4.90. The van der Waals surface area contributed by atoms with Gasteiger partial charge in [-0.25, -0.2) is 4.90 Å². The van der Waals surface area contributed by atoms with Crippen molar-refractivity contribution in [1.82, 2.24) is 0 Å².